The second kappa shape index (κ2) is 6.88. The molecule has 3 nitrogen and oxygen atoms in total. The molecule has 0 aliphatic rings. The number of phenolic OH excluding ortho intramolecular Hbond substituents is 1. The van der Waals surface area contributed by atoms with E-state index in [1.165, 1.54) is 25.0 Å². The van der Waals surface area contributed by atoms with Gasteiger partial charge in [-0.2, -0.15) is 0 Å². The van der Waals surface area contributed by atoms with Gasteiger partial charge in [-0.05, 0) is 24.6 Å². The van der Waals surface area contributed by atoms with E-state index < -0.39 is 0 Å². The average molecular weight is 222 g/mol. The van der Waals surface area contributed by atoms with Gasteiger partial charge in [0.15, 0.2) is 0 Å². The quantitative estimate of drug-likeness (QED) is 0.594. The Morgan fingerprint density at radius 2 is 2.12 bits per heavy atom. The third kappa shape index (κ3) is 4.34. The highest BCUT2D eigenvalue weighted by Gasteiger charge is 2.06. The van der Waals surface area contributed by atoms with E-state index >= 15 is 0 Å². The molecule has 1 rings (SSSR count). The minimum atomic E-state index is -0.368. The largest absolute Gasteiger partial charge is 0.508 e. The van der Waals surface area contributed by atoms with Gasteiger partial charge in [-0.15, -0.1) is 0 Å². The summed E-state index contributed by atoms with van der Waals surface area (Å²) in [6, 6.07) is 6.20. The van der Waals surface area contributed by atoms with Crippen molar-refractivity contribution in [1.29, 1.82) is 0 Å². The van der Waals surface area contributed by atoms with E-state index in [1.54, 1.807) is 12.1 Å². The van der Waals surface area contributed by atoms with Crippen LogP contribution in [0.2, 0.25) is 0 Å². The number of esters is 1. The third-order valence-corrected chi connectivity index (χ3v) is 2.31. The minimum Gasteiger partial charge on any atom is -0.508 e. The standard InChI is InChI=1S/C13H18O3/c1-2-3-4-5-9-16-13(15)11-7-6-8-12(14)10-11/h6-8,10,14H,2-5,9H2,1H3. The van der Waals surface area contributed by atoms with Crippen molar-refractivity contribution in [2.45, 2.75) is 32.6 Å². The first kappa shape index (κ1) is 12.6. The van der Waals surface area contributed by atoms with E-state index in [0.29, 0.717) is 12.2 Å². The zero-order valence-electron chi connectivity index (χ0n) is 9.61. The van der Waals surface area contributed by atoms with Gasteiger partial charge in [-0.1, -0.05) is 32.3 Å². The molecule has 1 aromatic carbocycles. The number of ether oxygens (including phenoxy) is 1. The summed E-state index contributed by atoms with van der Waals surface area (Å²) in [5.74, 6) is -0.284. The molecule has 0 saturated carbocycles. The number of rotatable bonds is 6. The first-order valence-electron chi connectivity index (χ1n) is 5.70. The summed E-state index contributed by atoms with van der Waals surface area (Å²) in [7, 11) is 0. The Bertz CT molecular complexity index is 334. The topological polar surface area (TPSA) is 46.5 Å². The molecule has 3 heteroatoms. The van der Waals surface area contributed by atoms with E-state index in [0.717, 1.165) is 12.8 Å². The number of benzene rings is 1. The van der Waals surface area contributed by atoms with Gasteiger partial charge in [-0.3, -0.25) is 0 Å². The molecular formula is C13H18O3. The lowest BCUT2D eigenvalue weighted by atomic mass is 10.2. The summed E-state index contributed by atoms with van der Waals surface area (Å²) in [5.41, 5.74) is 0.399. The molecule has 16 heavy (non-hydrogen) atoms. The minimum absolute atomic E-state index is 0.0837. The Labute approximate surface area is 96.1 Å². The van der Waals surface area contributed by atoms with Crippen molar-refractivity contribution in [3.05, 3.63) is 29.8 Å². The molecule has 0 heterocycles. The molecule has 0 aliphatic carbocycles. The Morgan fingerprint density at radius 1 is 1.31 bits per heavy atom. The van der Waals surface area contributed by atoms with E-state index in [4.69, 9.17) is 4.74 Å². The summed E-state index contributed by atoms with van der Waals surface area (Å²) in [4.78, 5) is 11.5. The SMILES string of the molecule is CCCCCCOC(=O)c1cccc(O)c1. The van der Waals surface area contributed by atoms with E-state index in [1.807, 2.05) is 0 Å². The van der Waals surface area contributed by atoms with Crippen LogP contribution in [-0.4, -0.2) is 17.7 Å². The van der Waals surface area contributed by atoms with Crippen LogP contribution in [0.25, 0.3) is 0 Å². The smallest absolute Gasteiger partial charge is 0.338 e. The summed E-state index contributed by atoms with van der Waals surface area (Å²) >= 11 is 0. The molecule has 0 aliphatic heterocycles. The highest BCUT2D eigenvalue weighted by Crippen LogP contribution is 2.12. The molecule has 0 spiro atoms. The number of unbranched alkanes of at least 4 members (excludes halogenated alkanes) is 3. The summed E-state index contributed by atoms with van der Waals surface area (Å²) in [5, 5.41) is 9.20. The van der Waals surface area contributed by atoms with Crippen molar-refractivity contribution < 1.29 is 14.6 Å². The van der Waals surface area contributed by atoms with Gasteiger partial charge in [0, 0.05) is 0 Å². The van der Waals surface area contributed by atoms with Gasteiger partial charge < -0.3 is 9.84 Å². The normalized spacial score (nSPS) is 10.1. The molecule has 0 fully saturated rings. The molecule has 0 atom stereocenters. The van der Waals surface area contributed by atoms with Crippen molar-refractivity contribution in [3.8, 4) is 5.75 Å². The van der Waals surface area contributed by atoms with E-state index in [9.17, 15) is 9.90 Å². The molecule has 0 bridgehead atoms. The van der Waals surface area contributed by atoms with Crippen LogP contribution in [-0.2, 0) is 4.74 Å². The van der Waals surface area contributed by atoms with Crippen molar-refractivity contribution in [2.75, 3.05) is 6.61 Å². The molecule has 1 N–H and O–H groups in total. The van der Waals surface area contributed by atoms with E-state index in [2.05, 4.69) is 6.92 Å². The van der Waals surface area contributed by atoms with Crippen LogP contribution in [0.5, 0.6) is 5.75 Å². The lowest BCUT2D eigenvalue weighted by Crippen LogP contribution is -2.06. The Balaban J connectivity index is 2.30. The van der Waals surface area contributed by atoms with Gasteiger partial charge >= 0.3 is 5.97 Å². The van der Waals surface area contributed by atoms with Gasteiger partial charge in [-0.25, -0.2) is 4.79 Å². The summed E-state index contributed by atoms with van der Waals surface area (Å²) in [6.07, 6.45) is 4.33. The maximum Gasteiger partial charge on any atom is 0.338 e. The van der Waals surface area contributed by atoms with Crippen molar-refractivity contribution >= 4 is 5.97 Å². The fraction of sp³-hybridized carbons (Fsp3) is 0.462. The highest BCUT2D eigenvalue weighted by molar-refractivity contribution is 5.89. The number of phenols is 1. The number of aromatic hydroxyl groups is 1. The Hall–Kier alpha value is -1.51. The average Bonchev–Trinajstić information content (AvgIpc) is 2.28. The molecule has 0 aromatic heterocycles. The Morgan fingerprint density at radius 3 is 2.81 bits per heavy atom. The fourth-order valence-electron chi connectivity index (χ4n) is 1.41. The van der Waals surface area contributed by atoms with Gasteiger partial charge in [0.1, 0.15) is 5.75 Å². The highest BCUT2D eigenvalue weighted by atomic mass is 16.5. The van der Waals surface area contributed by atoms with Gasteiger partial charge in [0.2, 0.25) is 0 Å². The lowest BCUT2D eigenvalue weighted by molar-refractivity contribution is 0.0497. The Kier molecular flexibility index (Phi) is 5.40. The third-order valence-electron chi connectivity index (χ3n) is 2.31. The van der Waals surface area contributed by atoms with Crippen LogP contribution < -0.4 is 0 Å². The number of carbonyl (C=O) groups is 1. The summed E-state index contributed by atoms with van der Waals surface area (Å²) < 4.78 is 5.08. The number of hydrogen-bond donors (Lipinski definition) is 1. The number of hydrogen-bond acceptors (Lipinski definition) is 3. The second-order valence-electron chi connectivity index (χ2n) is 3.75. The maximum absolute atomic E-state index is 11.5. The van der Waals surface area contributed by atoms with Crippen molar-refractivity contribution in [2.24, 2.45) is 0 Å². The maximum atomic E-state index is 11.5. The van der Waals surface area contributed by atoms with E-state index in [-0.39, 0.29) is 11.7 Å². The first-order valence-corrected chi connectivity index (χ1v) is 5.70. The monoisotopic (exact) mass is 222 g/mol. The van der Waals surface area contributed by atoms with Crippen molar-refractivity contribution in [1.82, 2.24) is 0 Å². The van der Waals surface area contributed by atoms with Crippen LogP contribution >= 0.6 is 0 Å². The summed E-state index contributed by atoms with van der Waals surface area (Å²) in [6.45, 7) is 2.59. The number of carbonyl (C=O) groups excluding carboxylic acids is 1. The molecule has 1 aromatic rings. The molecular weight excluding hydrogens is 204 g/mol. The van der Waals surface area contributed by atoms with Gasteiger partial charge in [0.05, 0.1) is 12.2 Å². The molecule has 88 valence electrons. The van der Waals surface area contributed by atoms with Crippen LogP contribution in [0.1, 0.15) is 43.0 Å². The van der Waals surface area contributed by atoms with Crippen LogP contribution in [0, 0.1) is 0 Å². The van der Waals surface area contributed by atoms with Crippen LogP contribution in [0.3, 0.4) is 0 Å². The predicted octanol–water partition coefficient (Wildman–Crippen LogP) is 3.13. The van der Waals surface area contributed by atoms with Crippen molar-refractivity contribution in [3.63, 3.8) is 0 Å². The van der Waals surface area contributed by atoms with Crippen LogP contribution in [0.15, 0.2) is 24.3 Å². The zero-order chi connectivity index (χ0) is 11.8. The van der Waals surface area contributed by atoms with Gasteiger partial charge in [0.25, 0.3) is 0 Å². The lowest BCUT2D eigenvalue weighted by Gasteiger charge is -2.04. The molecule has 0 unspecified atom stereocenters. The molecule has 0 saturated heterocycles. The first-order chi connectivity index (χ1) is 7.74. The van der Waals surface area contributed by atoms with Crippen LogP contribution in [0.4, 0.5) is 0 Å². The molecule has 0 radical (unpaired) electrons. The second-order valence-corrected chi connectivity index (χ2v) is 3.75. The fourth-order valence-corrected chi connectivity index (χ4v) is 1.41. The molecule has 0 amide bonds. The predicted molar refractivity (Wildman–Crippen MR) is 62.5 cm³/mol. The zero-order valence-corrected chi connectivity index (χ0v) is 9.61.